The van der Waals surface area contributed by atoms with Gasteiger partial charge in [0.25, 0.3) is 0 Å². The number of hydrogen-bond donors (Lipinski definition) is 1. The number of aliphatic hydroxyl groups is 1. The first-order valence-electron chi connectivity index (χ1n) is 12.4. The molecule has 2 unspecified atom stereocenters. The second-order valence-electron chi connectivity index (χ2n) is 11.6. The number of oxazole rings is 1. The van der Waals surface area contributed by atoms with Crippen LogP contribution in [0.3, 0.4) is 0 Å². The maximum Gasteiger partial charge on any atom is 0.410 e. The number of nitrogens with zero attached hydrogens (tertiary/aromatic N) is 2. The number of methoxy groups -OCH3 is 1. The zero-order valence-electron chi connectivity index (χ0n) is 21.9. The van der Waals surface area contributed by atoms with Gasteiger partial charge in [-0.2, -0.15) is 0 Å². The Balaban J connectivity index is 1.98. The molecular weight excluding hydrogens is 432 g/mol. The number of carbonyl (C=O) groups is 1. The third kappa shape index (κ3) is 6.11. The first kappa shape index (κ1) is 26.5. The van der Waals surface area contributed by atoms with E-state index in [1.165, 1.54) is 0 Å². The van der Waals surface area contributed by atoms with Crippen LogP contribution < -0.4 is 0 Å². The van der Waals surface area contributed by atoms with Crippen LogP contribution in [0.2, 0.25) is 0 Å². The number of fused-ring (bicyclic) bond motifs is 1. The molecule has 2 heterocycles. The molecule has 7 heteroatoms. The minimum atomic E-state index is -1.16. The van der Waals surface area contributed by atoms with Gasteiger partial charge in [-0.05, 0) is 58.9 Å². The van der Waals surface area contributed by atoms with E-state index in [0.717, 1.165) is 36.8 Å². The second kappa shape index (κ2) is 10.2. The lowest BCUT2D eigenvalue weighted by Crippen LogP contribution is -2.49. The normalized spacial score (nSPS) is 19.3. The number of piperidine rings is 1. The van der Waals surface area contributed by atoms with Gasteiger partial charge in [0.2, 0.25) is 5.89 Å². The zero-order chi connectivity index (χ0) is 25.1. The van der Waals surface area contributed by atoms with E-state index in [2.05, 4.69) is 20.8 Å². The molecule has 0 saturated carbocycles. The van der Waals surface area contributed by atoms with Gasteiger partial charge in [-0.15, -0.1) is 0 Å². The lowest BCUT2D eigenvalue weighted by molar-refractivity contribution is -0.0637. The Morgan fingerprint density at radius 1 is 1.21 bits per heavy atom. The van der Waals surface area contributed by atoms with Crippen molar-refractivity contribution in [3.8, 4) is 0 Å². The van der Waals surface area contributed by atoms with E-state index in [-0.39, 0.29) is 17.4 Å². The Kier molecular flexibility index (Phi) is 7.98. The van der Waals surface area contributed by atoms with Gasteiger partial charge in [0.15, 0.2) is 5.58 Å². The van der Waals surface area contributed by atoms with Crippen LogP contribution in [-0.4, -0.2) is 53.5 Å². The number of unbranched alkanes of at least 4 members (excludes halogenated alkanes) is 1. The molecule has 1 aromatic carbocycles. The highest BCUT2D eigenvalue weighted by molar-refractivity contribution is 5.77. The summed E-state index contributed by atoms with van der Waals surface area (Å²) in [5.74, 6) is 0.501. The number of hydrogen-bond acceptors (Lipinski definition) is 6. The lowest BCUT2D eigenvalue weighted by Gasteiger charge is -2.43. The maximum atomic E-state index is 12.8. The number of ether oxygens (including phenoxy) is 2. The van der Waals surface area contributed by atoms with Crippen LogP contribution in [0.5, 0.6) is 0 Å². The third-order valence-electron chi connectivity index (χ3n) is 6.43. The number of para-hydroxylation sites is 1. The number of aromatic nitrogens is 1. The summed E-state index contributed by atoms with van der Waals surface area (Å²) in [7, 11) is 1.69. The summed E-state index contributed by atoms with van der Waals surface area (Å²) in [4.78, 5) is 19.3. The van der Waals surface area contributed by atoms with Gasteiger partial charge in [-0.25, -0.2) is 9.78 Å². The molecule has 0 radical (unpaired) electrons. The SMILES string of the molecule is COCCCCC(O)(c1cccc2nc(C(C)(C)C)oc12)C1CCCN(C(=O)OC(C)(C)C)C1. The molecular formula is C27H42N2O5. The van der Waals surface area contributed by atoms with E-state index in [1.807, 2.05) is 39.0 Å². The van der Waals surface area contributed by atoms with E-state index in [4.69, 9.17) is 18.9 Å². The standard InChI is InChI=1S/C27H42N2O5/c1-25(2,3)23-28-21-14-10-13-20(22(21)33-23)27(31,15-8-9-17-32-7)19-12-11-16-29(18-19)24(30)34-26(4,5)6/h10,13-14,19,31H,8-9,11-12,15-18H2,1-7H3. The monoisotopic (exact) mass is 474 g/mol. The number of likely N-dealkylation sites (tertiary alicyclic amines) is 1. The predicted octanol–water partition coefficient (Wildman–Crippen LogP) is 5.78. The minimum Gasteiger partial charge on any atom is -0.444 e. The van der Waals surface area contributed by atoms with Gasteiger partial charge in [0.05, 0.1) is 5.60 Å². The Bertz CT molecular complexity index is 972. The average Bonchev–Trinajstić information content (AvgIpc) is 3.20. The van der Waals surface area contributed by atoms with Gasteiger partial charge < -0.3 is 23.9 Å². The van der Waals surface area contributed by atoms with E-state index < -0.39 is 11.2 Å². The largest absolute Gasteiger partial charge is 0.444 e. The molecule has 190 valence electrons. The van der Waals surface area contributed by atoms with Gasteiger partial charge in [-0.3, -0.25) is 0 Å². The zero-order valence-corrected chi connectivity index (χ0v) is 21.9. The molecule has 7 nitrogen and oxygen atoms in total. The van der Waals surface area contributed by atoms with Crippen LogP contribution >= 0.6 is 0 Å². The van der Waals surface area contributed by atoms with Crippen molar-refractivity contribution >= 4 is 17.2 Å². The first-order chi connectivity index (χ1) is 15.8. The molecule has 1 aromatic heterocycles. The highest BCUT2D eigenvalue weighted by Crippen LogP contribution is 2.43. The first-order valence-corrected chi connectivity index (χ1v) is 12.4. The number of benzene rings is 1. The fourth-order valence-electron chi connectivity index (χ4n) is 4.67. The van der Waals surface area contributed by atoms with Crippen molar-refractivity contribution in [1.29, 1.82) is 0 Å². The molecule has 2 atom stereocenters. The summed E-state index contributed by atoms with van der Waals surface area (Å²) in [6, 6.07) is 5.81. The molecule has 1 fully saturated rings. The van der Waals surface area contributed by atoms with Gasteiger partial charge in [-0.1, -0.05) is 32.9 Å². The summed E-state index contributed by atoms with van der Waals surface area (Å²) in [6.45, 7) is 13.5. The van der Waals surface area contributed by atoms with Crippen molar-refractivity contribution in [2.24, 2.45) is 5.92 Å². The van der Waals surface area contributed by atoms with Crippen molar-refractivity contribution in [3.05, 3.63) is 29.7 Å². The molecule has 1 amide bonds. The van der Waals surface area contributed by atoms with Gasteiger partial charge in [0, 0.05) is 43.7 Å². The lowest BCUT2D eigenvalue weighted by atomic mass is 9.74. The fraction of sp³-hybridized carbons (Fsp3) is 0.704. The molecule has 0 aliphatic carbocycles. The summed E-state index contributed by atoms with van der Waals surface area (Å²) < 4.78 is 17.1. The molecule has 3 rings (SSSR count). The van der Waals surface area contributed by atoms with Crippen LogP contribution in [0.25, 0.3) is 11.1 Å². The summed E-state index contributed by atoms with van der Waals surface area (Å²) in [6.07, 6.45) is 3.49. The molecule has 0 spiro atoms. The molecule has 0 bridgehead atoms. The molecule has 1 N–H and O–H groups in total. The third-order valence-corrected chi connectivity index (χ3v) is 6.43. The summed E-state index contributed by atoms with van der Waals surface area (Å²) in [5.41, 5.74) is 0.165. The topological polar surface area (TPSA) is 85.0 Å². The van der Waals surface area contributed by atoms with Crippen molar-refractivity contribution in [2.75, 3.05) is 26.8 Å². The average molecular weight is 475 g/mol. The van der Waals surface area contributed by atoms with Gasteiger partial charge in [0.1, 0.15) is 11.1 Å². The van der Waals surface area contributed by atoms with Crippen LogP contribution in [-0.2, 0) is 20.5 Å². The highest BCUT2D eigenvalue weighted by atomic mass is 16.6. The summed E-state index contributed by atoms with van der Waals surface area (Å²) in [5, 5.41) is 12.3. The Hall–Kier alpha value is -2.12. The van der Waals surface area contributed by atoms with Crippen LogP contribution in [0, 0.1) is 5.92 Å². The fourth-order valence-corrected chi connectivity index (χ4v) is 4.67. The Morgan fingerprint density at radius 2 is 1.94 bits per heavy atom. The van der Waals surface area contributed by atoms with Crippen molar-refractivity contribution < 1.29 is 23.8 Å². The van der Waals surface area contributed by atoms with Crippen molar-refractivity contribution in [2.45, 2.75) is 90.3 Å². The van der Waals surface area contributed by atoms with Crippen molar-refractivity contribution in [3.63, 3.8) is 0 Å². The van der Waals surface area contributed by atoms with Crippen molar-refractivity contribution in [1.82, 2.24) is 9.88 Å². The molecule has 1 saturated heterocycles. The number of carbonyl (C=O) groups excluding carboxylic acids is 1. The van der Waals surface area contributed by atoms with Crippen LogP contribution in [0.1, 0.15) is 85.1 Å². The maximum absolute atomic E-state index is 12.8. The number of amides is 1. The quantitative estimate of drug-likeness (QED) is 0.512. The second-order valence-corrected chi connectivity index (χ2v) is 11.6. The van der Waals surface area contributed by atoms with E-state index in [1.54, 1.807) is 12.0 Å². The van der Waals surface area contributed by atoms with Gasteiger partial charge >= 0.3 is 6.09 Å². The van der Waals surface area contributed by atoms with E-state index in [9.17, 15) is 9.90 Å². The Labute approximate surface area is 203 Å². The smallest absolute Gasteiger partial charge is 0.410 e. The molecule has 1 aliphatic rings. The molecule has 2 aromatic rings. The summed E-state index contributed by atoms with van der Waals surface area (Å²) >= 11 is 0. The highest BCUT2D eigenvalue weighted by Gasteiger charge is 2.43. The van der Waals surface area contributed by atoms with Crippen LogP contribution in [0.4, 0.5) is 4.79 Å². The minimum absolute atomic E-state index is 0.148. The molecule has 1 aliphatic heterocycles. The Morgan fingerprint density at radius 3 is 2.59 bits per heavy atom. The van der Waals surface area contributed by atoms with E-state index in [0.29, 0.717) is 37.6 Å². The number of rotatable bonds is 7. The molecule has 34 heavy (non-hydrogen) atoms. The van der Waals surface area contributed by atoms with E-state index >= 15 is 0 Å². The van der Waals surface area contributed by atoms with Crippen LogP contribution in [0.15, 0.2) is 22.6 Å². The predicted molar refractivity (Wildman–Crippen MR) is 133 cm³/mol.